The number of hydrogen-bond donors (Lipinski definition) is 0. The zero-order chi connectivity index (χ0) is 15.6. The molecule has 0 saturated carbocycles. The van der Waals surface area contributed by atoms with Crippen molar-refractivity contribution in [2.45, 2.75) is 25.8 Å². The van der Waals surface area contributed by atoms with E-state index in [2.05, 4.69) is 11.1 Å². The highest BCUT2D eigenvalue weighted by Crippen LogP contribution is 2.36. The van der Waals surface area contributed by atoms with Crippen LogP contribution in [-0.2, 0) is 16.4 Å². The molecule has 22 heavy (non-hydrogen) atoms. The zero-order valence-electron chi connectivity index (χ0n) is 12.6. The fourth-order valence-corrected chi connectivity index (χ4v) is 4.78. The largest absolute Gasteiger partial charge is 0.264 e. The van der Waals surface area contributed by atoms with Crippen LogP contribution >= 0.6 is 0 Å². The first-order valence-corrected chi connectivity index (χ1v) is 9.21. The molecule has 1 aromatic heterocycles. The molecule has 0 N–H and O–H groups in total. The Bertz CT molecular complexity index is 744. The first-order valence-electron chi connectivity index (χ1n) is 7.60. The molecule has 0 fully saturated rings. The lowest BCUT2D eigenvalue weighted by Crippen LogP contribution is -2.41. The van der Waals surface area contributed by atoms with Crippen molar-refractivity contribution in [3.05, 3.63) is 65.5 Å². The van der Waals surface area contributed by atoms with Crippen LogP contribution in [0, 0.1) is 0 Å². The summed E-state index contributed by atoms with van der Waals surface area (Å²) in [5, 5.41) is 0. The third-order valence-electron chi connectivity index (χ3n) is 4.06. The van der Waals surface area contributed by atoms with E-state index >= 15 is 0 Å². The van der Waals surface area contributed by atoms with E-state index in [4.69, 9.17) is 0 Å². The van der Waals surface area contributed by atoms with E-state index in [0.29, 0.717) is 13.0 Å². The van der Waals surface area contributed by atoms with E-state index < -0.39 is 10.0 Å². The van der Waals surface area contributed by atoms with Crippen LogP contribution in [0.25, 0.3) is 0 Å². The second kappa shape index (κ2) is 6.18. The van der Waals surface area contributed by atoms with Crippen LogP contribution in [0.1, 0.15) is 36.1 Å². The molecule has 0 spiro atoms. The van der Waals surface area contributed by atoms with Gasteiger partial charge in [-0.1, -0.05) is 37.3 Å². The number of nitrogens with zero attached hydrogens (tertiary/aromatic N) is 2. The Morgan fingerprint density at radius 2 is 2.05 bits per heavy atom. The Balaban J connectivity index is 2.12. The molecular weight excluding hydrogens is 296 g/mol. The number of pyridine rings is 1. The highest BCUT2D eigenvalue weighted by Gasteiger charge is 2.35. The van der Waals surface area contributed by atoms with Gasteiger partial charge in [0.2, 0.25) is 10.0 Å². The highest BCUT2D eigenvalue weighted by atomic mass is 32.2. The van der Waals surface area contributed by atoms with E-state index in [0.717, 1.165) is 17.5 Å². The van der Waals surface area contributed by atoms with Crippen LogP contribution in [0.4, 0.5) is 0 Å². The van der Waals surface area contributed by atoms with E-state index in [1.165, 1.54) is 5.56 Å². The minimum absolute atomic E-state index is 0.186. The number of hydrogen-bond acceptors (Lipinski definition) is 3. The standard InChI is InChI=1S/C17H20N2O2S/c1-2-12-22(20,21)19-11-9-14-6-3-4-8-16(14)17(19)15-7-5-10-18-13-15/h3-8,10,13,17H,2,9,11-12H2,1H3. The molecule has 0 amide bonds. The van der Waals surface area contributed by atoms with E-state index in [9.17, 15) is 8.42 Å². The van der Waals surface area contributed by atoms with Crippen molar-refractivity contribution >= 4 is 10.0 Å². The number of sulfonamides is 1. The summed E-state index contributed by atoms with van der Waals surface area (Å²) in [5.74, 6) is 0.186. The van der Waals surface area contributed by atoms with Crippen LogP contribution in [-0.4, -0.2) is 30.0 Å². The Morgan fingerprint density at radius 3 is 2.77 bits per heavy atom. The second-order valence-corrected chi connectivity index (χ2v) is 7.61. The molecule has 116 valence electrons. The fraction of sp³-hybridized carbons (Fsp3) is 0.353. The number of rotatable bonds is 4. The average Bonchev–Trinajstić information content (AvgIpc) is 2.54. The molecule has 2 aromatic rings. The summed E-state index contributed by atoms with van der Waals surface area (Å²) in [7, 11) is -3.27. The molecule has 1 aliphatic rings. The Kier molecular flexibility index (Phi) is 4.27. The van der Waals surface area contributed by atoms with Gasteiger partial charge in [-0.3, -0.25) is 4.98 Å². The summed E-state index contributed by atoms with van der Waals surface area (Å²) in [5.41, 5.74) is 3.22. The van der Waals surface area contributed by atoms with Crippen molar-refractivity contribution in [3.8, 4) is 0 Å². The Morgan fingerprint density at radius 1 is 1.23 bits per heavy atom. The summed E-state index contributed by atoms with van der Waals surface area (Å²) in [4.78, 5) is 4.17. The van der Waals surface area contributed by atoms with Gasteiger partial charge in [-0.15, -0.1) is 0 Å². The van der Waals surface area contributed by atoms with Crippen molar-refractivity contribution in [1.82, 2.24) is 9.29 Å². The van der Waals surface area contributed by atoms with Gasteiger partial charge in [0.25, 0.3) is 0 Å². The van der Waals surface area contributed by atoms with Gasteiger partial charge in [0.1, 0.15) is 0 Å². The maximum absolute atomic E-state index is 12.7. The summed E-state index contributed by atoms with van der Waals surface area (Å²) in [6.45, 7) is 2.42. The third-order valence-corrected chi connectivity index (χ3v) is 6.09. The van der Waals surface area contributed by atoms with Crippen molar-refractivity contribution in [1.29, 1.82) is 0 Å². The quantitative estimate of drug-likeness (QED) is 0.871. The molecule has 0 aliphatic carbocycles. The summed E-state index contributed by atoms with van der Waals surface area (Å²) >= 11 is 0. The minimum atomic E-state index is -3.27. The van der Waals surface area contributed by atoms with Gasteiger partial charge in [0, 0.05) is 18.9 Å². The molecule has 3 rings (SSSR count). The van der Waals surface area contributed by atoms with Gasteiger partial charge in [0.05, 0.1) is 11.8 Å². The lowest BCUT2D eigenvalue weighted by atomic mass is 9.91. The van der Waals surface area contributed by atoms with Crippen LogP contribution in [0.5, 0.6) is 0 Å². The average molecular weight is 316 g/mol. The van der Waals surface area contributed by atoms with Crippen LogP contribution in [0.2, 0.25) is 0 Å². The number of fused-ring (bicyclic) bond motifs is 1. The van der Waals surface area contributed by atoms with Crippen LogP contribution < -0.4 is 0 Å². The molecule has 0 bridgehead atoms. The first-order chi connectivity index (χ1) is 10.6. The first kappa shape index (κ1) is 15.2. The molecule has 1 aliphatic heterocycles. The normalized spacial score (nSPS) is 18.9. The molecule has 4 nitrogen and oxygen atoms in total. The lowest BCUT2D eigenvalue weighted by molar-refractivity contribution is 0.343. The molecule has 0 radical (unpaired) electrons. The second-order valence-electron chi connectivity index (χ2n) is 5.56. The molecule has 0 saturated heterocycles. The molecule has 5 heteroatoms. The lowest BCUT2D eigenvalue weighted by Gasteiger charge is -2.36. The Hall–Kier alpha value is -1.72. The third kappa shape index (κ3) is 2.78. The summed E-state index contributed by atoms with van der Waals surface area (Å²) in [6, 6.07) is 11.6. The molecule has 2 heterocycles. The smallest absolute Gasteiger partial charge is 0.214 e. The number of aromatic nitrogens is 1. The van der Waals surface area contributed by atoms with Crippen LogP contribution in [0.15, 0.2) is 48.8 Å². The van der Waals surface area contributed by atoms with Crippen molar-refractivity contribution in [2.24, 2.45) is 0 Å². The summed E-state index contributed by atoms with van der Waals surface area (Å²) in [6.07, 6.45) is 4.86. The van der Waals surface area contributed by atoms with Gasteiger partial charge in [-0.25, -0.2) is 8.42 Å². The van der Waals surface area contributed by atoms with Gasteiger partial charge in [-0.05, 0) is 35.6 Å². The molecule has 1 aromatic carbocycles. The predicted octanol–water partition coefficient (Wildman–Crippen LogP) is 2.77. The minimum Gasteiger partial charge on any atom is -0.264 e. The van der Waals surface area contributed by atoms with Crippen molar-refractivity contribution in [3.63, 3.8) is 0 Å². The SMILES string of the molecule is CCCS(=O)(=O)N1CCc2ccccc2C1c1cccnc1. The predicted molar refractivity (Wildman–Crippen MR) is 87.0 cm³/mol. The van der Waals surface area contributed by atoms with Crippen molar-refractivity contribution < 1.29 is 8.42 Å². The fourth-order valence-electron chi connectivity index (χ4n) is 3.10. The van der Waals surface area contributed by atoms with Gasteiger partial charge < -0.3 is 0 Å². The Labute approximate surface area is 131 Å². The molecular formula is C17H20N2O2S. The van der Waals surface area contributed by atoms with Gasteiger partial charge in [-0.2, -0.15) is 4.31 Å². The van der Waals surface area contributed by atoms with E-state index in [1.807, 2.05) is 37.3 Å². The van der Waals surface area contributed by atoms with Gasteiger partial charge in [0.15, 0.2) is 0 Å². The maximum atomic E-state index is 12.7. The van der Waals surface area contributed by atoms with Crippen LogP contribution in [0.3, 0.4) is 0 Å². The zero-order valence-corrected chi connectivity index (χ0v) is 13.5. The van der Waals surface area contributed by atoms with Gasteiger partial charge >= 0.3 is 0 Å². The molecule has 1 atom stereocenters. The number of benzene rings is 1. The molecule has 1 unspecified atom stereocenters. The summed E-state index contributed by atoms with van der Waals surface area (Å²) < 4.78 is 27.0. The van der Waals surface area contributed by atoms with E-state index in [1.54, 1.807) is 16.7 Å². The topological polar surface area (TPSA) is 50.3 Å². The van der Waals surface area contributed by atoms with Crippen molar-refractivity contribution in [2.75, 3.05) is 12.3 Å². The maximum Gasteiger partial charge on any atom is 0.214 e. The van der Waals surface area contributed by atoms with E-state index in [-0.39, 0.29) is 11.8 Å². The monoisotopic (exact) mass is 316 g/mol. The highest BCUT2D eigenvalue weighted by molar-refractivity contribution is 7.89.